The van der Waals surface area contributed by atoms with E-state index in [4.69, 9.17) is 4.74 Å². The number of benzene rings is 1. The Labute approximate surface area is 148 Å². The van der Waals surface area contributed by atoms with Gasteiger partial charge in [0.1, 0.15) is 11.4 Å². The second-order valence-electron chi connectivity index (χ2n) is 7.12. The molecule has 3 rings (SSSR count). The number of ether oxygens (including phenoxy) is 1. The van der Waals surface area contributed by atoms with E-state index in [1.54, 1.807) is 4.90 Å². The summed E-state index contributed by atoms with van der Waals surface area (Å²) in [6, 6.07) is 7.75. The third-order valence-electron chi connectivity index (χ3n) is 4.49. The van der Waals surface area contributed by atoms with Crippen LogP contribution in [0.2, 0.25) is 0 Å². The average Bonchev–Trinajstić information content (AvgIpc) is 2.74. The van der Waals surface area contributed by atoms with Crippen LogP contribution in [0.25, 0.3) is 0 Å². The highest BCUT2D eigenvalue weighted by atomic mass is 16.5. The number of rotatable bonds is 2. The summed E-state index contributed by atoms with van der Waals surface area (Å²) < 4.78 is 8.00. The van der Waals surface area contributed by atoms with Crippen molar-refractivity contribution in [3.63, 3.8) is 0 Å². The molecule has 0 spiro atoms. The van der Waals surface area contributed by atoms with Crippen molar-refractivity contribution in [3.05, 3.63) is 41.2 Å². The number of hydrogen-bond acceptors (Lipinski definition) is 3. The van der Waals surface area contributed by atoms with Crippen molar-refractivity contribution in [2.75, 3.05) is 11.9 Å². The molecule has 0 aliphatic carbocycles. The summed E-state index contributed by atoms with van der Waals surface area (Å²) in [5.41, 5.74) is 3.16. The van der Waals surface area contributed by atoms with Gasteiger partial charge in [0.05, 0.1) is 30.2 Å². The van der Waals surface area contributed by atoms with Crippen molar-refractivity contribution in [3.8, 4) is 5.75 Å². The molecule has 6 nitrogen and oxygen atoms in total. The number of para-hydroxylation sites is 1. The summed E-state index contributed by atoms with van der Waals surface area (Å²) >= 11 is 0. The number of anilines is 1. The first-order valence-electron chi connectivity index (χ1n) is 8.67. The molecule has 6 heteroatoms. The second kappa shape index (κ2) is 6.43. The van der Waals surface area contributed by atoms with Crippen LogP contribution in [-0.2, 0) is 13.1 Å². The van der Waals surface area contributed by atoms with Gasteiger partial charge in [0, 0.05) is 12.1 Å². The van der Waals surface area contributed by atoms with Gasteiger partial charge in [0.2, 0.25) is 0 Å². The van der Waals surface area contributed by atoms with Crippen LogP contribution in [0.1, 0.15) is 37.7 Å². The Bertz CT molecular complexity index is 795. The maximum atomic E-state index is 12.9. The molecule has 0 unspecified atom stereocenters. The van der Waals surface area contributed by atoms with Gasteiger partial charge in [-0.15, -0.1) is 0 Å². The summed E-state index contributed by atoms with van der Waals surface area (Å²) in [5.74, 6) is 0.842. The number of amides is 2. The van der Waals surface area contributed by atoms with Crippen LogP contribution in [0, 0.1) is 13.8 Å². The lowest BCUT2D eigenvalue weighted by Gasteiger charge is -2.29. The lowest BCUT2D eigenvalue weighted by Crippen LogP contribution is -2.44. The summed E-state index contributed by atoms with van der Waals surface area (Å²) in [6.07, 6.45) is 0. The summed E-state index contributed by atoms with van der Waals surface area (Å²) in [5, 5.41) is 7.52. The number of nitrogens with one attached hydrogen (secondary N) is 1. The maximum absolute atomic E-state index is 12.9. The Hall–Kier alpha value is -2.50. The third-order valence-corrected chi connectivity index (χ3v) is 4.49. The Morgan fingerprint density at radius 3 is 2.72 bits per heavy atom. The standard InChI is InChI=1S/C19H26N4O2/c1-6-23-14(3)17(13(2)21-23)20-18(24)22-11-15-9-7-8-10-16(15)25-19(4,5)12-22/h7-10H,6,11-12H2,1-5H3,(H,20,24). The SMILES string of the molecule is CCn1nc(C)c(NC(=O)N2Cc3ccccc3OC(C)(C)C2)c1C. The normalized spacial score (nSPS) is 16.0. The Balaban J connectivity index is 1.86. The number of carbonyl (C=O) groups is 1. The zero-order valence-electron chi connectivity index (χ0n) is 15.6. The molecule has 1 aliphatic rings. The van der Waals surface area contributed by atoms with E-state index in [1.807, 2.05) is 63.6 Å². The fourth-order valence-electron chi connectivity index (χ4n) is 3.30. The number of nitrogens with zero attached hydrogens (tertiary/aromatic N) is 3. The van der Waals surface area contributed by atoms with E-state index in [1.165, 1.54) is 0 Å². The van der Waals surface area contributed by atoms with E-state index in [-0.39, 0.29) is 6.03 Å². The smallest absolute Gasteiger partial charge is 0.322 e. The molecule has 0 saturated heterocycles. The monoisotopic (exact) mass is 342 g/mol. The van der Waals surface area contributed by atoms with Crippen LogP contribution in [0.3, 0.4) is 0 Å². The molecule has 0 radical (unpaired) electrons. The van der Waals surface area contributed by atoms with Gasteiger partial charge in [-0.2, -0.15) is 5.10 Å². The number of aromatic nitrogens is 2. The minimum atomic E-state index is -0.457. The van der Waals surface area contributed by atoms with Gasteiger partial charge in [-0.25, -0.2) is 4.79 Å². The summed E-state index contributed by atoms with van der Waals surface area (Å²) in [7, 11) is 0. The summed E-state index contributed by atoms with van der Waals surface area (Å²) in [6.45, 7) is 11.7. The highest BCUT2D eigenvalue weighted by molar-refractivity contribution is 5.90. The van der Waals surface area contributed by atoms with Crippen LogP contribution in [0.4, 0.5) is 10.5 Å². The number of aryl methyl sites for hydroxylation is 2. The number of fused-ring (bicyclic) bond motifs is 1. The molecule has 1 aromatic heterocycles. The van der Waals surface area contributed by atoms with Crippen molar-refractivity contribution in [1.29, 1.82) is 0 Å². The minimum Gasteiger partial charge on any atom is -0.486 e. The van der Waals surface area contributed by atoms with E-state index < -0.39 is 5.60 Å². The molecule has 0 fully saturated rings. The molecule has 25 heavy (non-hydrogen) atoms. The van der Waals surface area contributed by atoms with Gasteiger partial charge in [-0.1, -0.05) is 18.2 Å². The highest BCUT2D eigenvalue weighted by Gasteiger charge is 2.32. The van der Waals surface area contributed by atoms with Gasteiger partial charge >= 0.3 is 6.03 Å². The van der Waals surface area contributed by atoms with Gasteiger partial charge in [-0.3, -0.25) is 4.68 Å². The minimum absolute atomic E-state index is 0.129. The Morgan fingerprint density at radius 1 is 1.32 bits per heavy atom. The highest BCUT2D eigenvalue weighted by Crippen LogP contribution is 2.30. The molecule has 2 aromatic rings. The molecule has 0 atom stereocenters. The van der Waals surface area contributed by atoms with Crippen LogP contribution in [0.5, 0.6) is 5.75 Å². The molecule has 1 aromatic carbocycles. The largest absolute Gasteiger partial charge is 0.486 e. The van der Waals surface area contributed by atoms with Crippen molar-refractivity contribution < 1.29 is 9.53 Å². The predicted octanol–water partition coefficient (Wildman–Crippen LogP) is 3.72. The lowest BCUT2D eigenvalue weighted by atomic mass is 10.1. The van der Waals surface area contributed by atoms with Crippen molar-refractivity contribution >= 4 is 11.7 Å². The molecular weight excluding hydrogens is 316 g/mol. The molecule has 0 saturated carbocycles. The van der Waals surface area contributed by atoms with E-state index in [0.29, 0.717) is 13.1 Å². The van der Waals surface area contributed by atoms with E-state index in [0.717, 1.165) is 34.9 Å². The first-order chi connectivity index (χ1) is 11.8. The molecule has 2 heterocycles. The van der Waals surface area contributed by atoms with Gasteiger partial charge in [-0.05, 0) is 40.7 Å². The molecule has 1 N–H and O–H groups in total. The topological polar surface area (TPSA) is 59.4 Å². The van der Waals surface area contributed by atoms with E-state index in [2.05, 4.69) is 10.4 Å². The molecule has 2 amide bonds. The molecular formula is C19H26N4O2. The summed E-state index contributed by atoms with van der Waals surface area (Å²) in [4.78, 5) is 14.7. The number of hydrogen-bond donors (Lipinski definition) is 1. The average molecular weight is 342 g/mol. The quantitative estimate of drug-likeness (QED) is 0.905. The van der Waals surface area contributed by atoms with Gasteiger partial charge in [0.25, 0.3) is 0 Å². The molecule has 134 valence electrons. The number of urea groups is 1. The third kappa shape index (κ3) is 3.48. The fourth-order valence-corrected chi connectivity index (χ4v) is 3.30. The molecule has 0 bridgehead atoms. The van der Waals surface area contributed by atoms with E-state index >= 15 is 0 Å². The van der Waals surface area contributed by atoms with Crippen molar-refractivity contribution in [1.82, 2.24) is 14.7 Å². The Kier molecular flexibility index (Phi) is 4.45. The van der Waals surface area contributed by atoms with Crippen LogP contribution in [-0.4, -0.2) is 32.9 Å². The maximum Gasteiger partial charge on any atom is 0.322 e. The first kappa shape index (κ1) is 17.3. The number of carbonyl (C=O) groups excluding carboxylic acids is 1. The zero-order chi connectivity index (χ0) is 18.2. The second-order valence-corrected chi connectivity index (χ2v) is 7.12. The van der Waals surface area contributed by atoms with Crippen LogP contribution >= 0.6 is 0 Å². The predicted molar refractivity (Wildman–Crippen MR) is 98.0 cm³/mol. The lowest BCUT2D eigenvalue weighted by molar-refractivity contribution is 0.0835. The zero-order valence-corrected chi connectivity index (χ0v) is 15.6. The van der Waals surface area contributed by atoms with Crippen LogP contribution < -0.4 is 10.1 Å². The Morgan fingerprint density at radius 2 is 2.04 bits per heavy atom. The fraction of sp³-hybridized carbons (Fsp3) is 0.474. The van der Waals surface area contributed by atoms with Gasteiger partial charge < -0.3 is 15.0 Å². The van der Waals surface area contributed by atoms with Crippen molar-refractivity contribution in [2.45, 2.75) is 53.3 Å². The van der Waals surface area contributed by atoms with Crippen molar-refractivity contribution in [2.24, 2.45) is 0 Å². The molecule has 1 aliphatic heterocycles. The van der Waals surface area contributed by atoms with Crippen LogP contribution in [0.15, 0.2) is 24.3 Å². The van der Waals surface area contributed by atoms with E-state index in [9.17, 15) is 4.79 Å². The first-order valence-corrected chi connectivity index (χ1v) is 8.67. The van der Waals surface area contributed by atoms with Gasteiger partial charge in [0.15, 0.2) is 0 Å².